The Morgan fingerprint density at radius 1 is 1.56 bits per heavy atom. The molecule has 1 aliphatic rings. The van der Waals surface area contributed by atoms with E-state index in [4.69, 9.17) is 0 Å². The van der Waals surface area contributed by atoms with Crippen molar-refractivity contribution in [3.63, 3.8) is 0 Å². The predicted molar refractivity (Wildman–Crippen MR) is 67.1 cm³/mol. The van der Waals surface area contributed by atoms with E-state index in [1.165, 1.54) is 6.42 Å². The Morgan fingerprint density at radius 2 is 2.25 bits per heavy atom. The normalized spacial score (nSPS) is 30.7. The molecule has 1 rings (SSSR count). The highest BCUT2D eigenvalue weighted by Gasteiger charge is 2.36. The second-order valence-electron chi connectivity index (χ2n) is 5.53. The van der Waals surface area contributed by atoms with Gasteiger partial charge in [-0.1, -0.05) is 13.8 Å². The Morgan fingerprint density at radius 3 is 2.75 bits per heavy atom. The van der Waals surface area contributed by atoms with Gasteiger partial charge in [0, 0.05) is 12.6 Å². The molecule has 0 aromatic heterocycles. The van der Waals surface area contributed by atoms with E-state index >= 15 is 0 Å². The second kappa shape index (κ2) is 5.65. The molecule has 92 valence electrons. The average Bonchev–Trinajstić information content (AvgIpc) is 2.28. The van der Waals surface area contributed by atoms with Gasteiger partial charge in [0.25, 0.3) is 0 Å². The number of nitrogens with zero attached hydrogens (tertiary/aromatic N) is 2. The summed E-state index contributed by atoms with van der Waals surface area (Å²) in [5.74, 6) is 0.693. The summed E-state index contributed by atoms with van der Waals surface area (Å²) in [6.07, 6.45) is 4.34. The molecule has 16 heavy (non-hydrogen) atoms. The van der Waals surface area contributed by atoms with Gasteiger partial charge in [-0.25, -0.2) is 0 Å². The monoisotopic (exact) mass is 223 g/mol. The summed E-state index contributed by atoms with van der Waals surface area (Å²) in [7, 11) is 4.10. The molecule has 0 amide bonds. The number of rotatable bonds is 4. The van der Waals surface area contributed by atoms with Crippen LogP contribution in [0.15, 0.2) is 0 Å². The fraction of sp³-hybridized carbons (Fsp3) is 0.923. The summed E-state index contributed by atoms with van der Waals surface area (Å²) in [5, 5.41) is 12.5. The molecule has 0 aliphatic heterocycles. The first kappa shape index (κ1) is 13.5. The van der Waals surface area contributed by atoms with Crippen LogP contribution in [0.2, 0.25) is 0 Å². The first-order chi connectivity index (χ1) is 7.53. The van der Waals surface area contributed by atoms with Crippen molar-refractivity contribution in [1.82, 2.24) is 10.2 Å². The van der Waals surface area contributed by atoms with Gasteiger partial charge in [-0.15, -0.1) is 0 Å². The summed E-state index contributed by atoms with van der Waals surface area (Å²) >= 11 is 0. The number of nitriles is 1. The van der Waals surface area contributed by atoms with E-state index in [-0.39, 0.29) is 5.54 Å². The van der Waals surface area contributed by atoms with Gasteiger partial charge in [0.15, 0.2) is 0 Å². The number of nitrogens with one attached hydrogen (secondary N) is 1. The Hall–Kier alpha value is -0.590. The Labute approximate surface area is 99.8 Å². The van der Waals surface area contributed by atoms with Gasteiger partial charge in [-0.05, 0) is 45.7 Å². The molecular weight excluding hydrogens is 198 g/mol. The third kappa shape index (κ3) is 3.20. The third-order valence-electron chi connectivity index (χ3n) is 3.69. The maximum atomic E-state index is 9.29. The minimum Gasteiger partial charge on any atom is -0.303 e. The van der Waals surface area contributed by atoms with Crippen LogP contribution < -0.4 is 5.32 Å². The van der Waals surface area contributed by atoms with Crippen LogP contribution in [0.3, 0.4) is 0 Å². The zero-order valence-electron chi connectivity index (χ0n) is 11.1. The van der Waals surface area contributed by atoms with Crippen LogP contribution in [0.5, 0.6) is 0 Å². The summed E-state index contributed by atoms with van der Waals surface area (Å²) in [6.45, 7) is 5.61. The maximum Gasteiger partial charge on any atom is 0.108 e. The fourth-order valence-corrected chi connectivity index (χ4v) is 2.73. The standard InChI is InChI=1S/C13H25N3/c1-11(2)9-16(4)12-6-5-7-13(8-12,10-14)15-3/h11-12,15H,5-9H2,1-4H3. The lowest BCUT2D eigenvalue weighted by Gasteiger charge is -2.40. The first-order valence-corrected chi connectivity index (χ1v) is 6.33. The highest BCUT2D eigenvalue weighted by molar-refractivity contribution is 5.10. The van der Waals surface area contributed by atoms with Crippen LogP contribution in [-0.2, 0) is 0 Å². The lowest BCUT2D eigenvalue weighted by molar-refractivity contribution is 0.137. The molecule has 1 N–H and O–H groups in total. The molecular formula is C13H25N3. The van der Waals surface area contributed by atoms with Gasteiger partial charge in [-0.3, -0.25) is 0 Å². The Balaban J connectivity index is 2.60. The Kier molecular flexibility index (Phi) is 4.76. The zero-order valence-corrected chi connectivity index (χ0v) is 11.1. The summed E-state index contributed by atoms with van der Waals surface area (Å²) < 4.78 is 0. The molecule has 2 unspecified atom stereocenters. The SMILES string of the molecule is CNC1(C#N)CCCC(N(C)CC(C)C)C1. The lowest BCUT2D eigenvalue weighted by Crippen LogP contribution is -2.51. The van der Waals surface area contributed by atoms with Gasteiger partial charge >= 0.3 is 0 Å². The molecule has 2 atom stereocenters. The minimum atomic E-state index is -0.284. The van der Waals surface area contributed by atoms with Gasteiger partial charge < -0.3 is 10.2 Å². The van der Waals surface area contributed by atoms with E-state index < -0.39 is 0 Å². The van der Waals surface area contributed by atoms with E-state index in [1.807, 2.05) is 7.05 Å². The molecule has 0 radical (unpaired) electrons. The molecule has 0 bridgehead atoms. The highest BCUT2D eigenvalue weighted by Crippen LogP contribution is 2.30. The van der Waals surface area contributed by atoms with E-state index in [1.54, 1.807) is 0 Å². The van der Waals surface area contributed by atoms with Crippen molar-refractivity contribution >= 4 is 0 Å². The summed E-state index contributed by atoms with van der Waals surface area (Å²) in [5.41, 5.74) is -0.284. The maximum absolute atomic E-state index is 9.29. The van der Waals surface area contributed by atoms with Crippen molar-refractivity contribution < 1.29 is 0 Å². The van der Waals surface area contributed by atoms with E-state index in [2.05, 4.69) is 37.2 Å². The van der Waals surface area contributed by atoms with Gasteiger partial charge in [0.05, 0.1) is 6.07 Å². The van der Waals surface area contributed by atoms with Crippen molar-refractivity contribution in [2.45, 2.75) is 51.1 Å². The van der Waals surface area contributed by atoms with Gasteiger partial charge in [0.1, 0.15) is 5.54 Å². The molecule has 3 nitrogen and oxygen atoms in total. The van der Waals surface area contributed by atoms with Crippen molar-refractivity contribution in [2.24, 2.45) is 5.92 Å². The Bertz CT molecular complexity index is 256. The predicted octanol–water partition coefficient (Wildman–Crippen LogP) is 2.00. The first-order valence-electron chi connectivity index (χ1n) is 6.33. The van der Waals surface area contributed by atoms with E-state index in [0.717, 1.165) is 25.8 Å². The molecule has 1 fully saturated rings. The summed E-state index contributed by atoms with van der Waals surface area (Å²) in [4.78, 5) is 2.42. The molecule has 0 spiro atoms. The van der Waals surface area contributed by atoms with E-state index in [9.17, 15) is 5.26 Å². The third-order valence-corrected chi connectivity index (χ3v) is 3.69. The van der Waals surface area contributed by atoms with Crippen LogP contribution in [0.4, 0.5) is 0 Å². The molecule has 3 heteroatoms. The average molecular weight is 223 g/mol. The van der Waals surface area contributed by atoms with Crippen LogP contribution in [-0.4, -0.2) is 37.1 Å². The van der Waals surface area contributed by atoms with Crippen LogP contribution in [0, 0.1) is 17.2 Å². The molecule has 0 saturated heterocycles. The topological polar surface area (TPSA) is 39.1 Å². The van der Waals surface area contributed by atoms with Crippen LogP contribution >= 0.6 is 0 Å². The molecule has 1 saturated carbocycles. The summed E-state index contributed by atoms with van der Waals surface area (Å²) in [6, 6.07) is 3.03. The van der Waals surface area contributed by atoms with Crippen molar-refractivity contribution in [2.75, 3.05) is 20.6 Å². The number of hydrogen-bond donors (Lipinski definition) is 1. The second-order valence-corrected chi connectivity index (χ2v) is 5.53. The highest BCUT2D eigenvalue weighted by atomic mass is 15.1. The zero-order chi connectivity index (χ0) is 12.2. The molecule has 0 aromatic rings. The molecule has 0 heterocycles. The van der Waals surface area contributed by atoms with Crippen molar-refractivity contribution in [1.29, 1.82) is 5.26 Å². The fourth-order valence-electron chi connectivity index (χ4n) is 2.73. The molecule has 0 aromatic carbocycles. The van der Waals surface area contributed by atoms with Crippen molar-refractivity contribution in [3.8, 4) is 6.07 Å². The van der Waals surface area contributed by atoms with Gasteiger partial charge in [-0.2, -0.15) is 5.26 Å². The van der Waals surface area contributed by atoms with Gasteiger partial charge in [0.2, 0.25) is 0 Å². The molecule has 1 aliphatic carbocycles. The number of hydrogen-bond acceptors (Lipinski definition) is 3. The largest absolute Gasteiger partial charge is 0.303 e. The minimum absolute atomic E-state index is 0.284. The lowest BCUT2D eigenvalue weighted by atomic mass is 9.79. The smallest absolute Gasteiger partial charge is 0.108 e. The quantitative estimate of drug-likeness (QED) is 0.792. The van der Waals surface area contributed by atoms with Crippen LogP contribution in [0.25, 0.3) is 0 Å². The van der Waals surface area contributed by atoms with Crippen LogP contribution in [0.1, 0.15) is 39.5 Å². The van der Waals surface area contributed by atoms with Crippen molar-refractivity contribution in [3.05, 3.63) is 0 Å². The van der Waals surface area contributed by atoms with E-state index in [0.29, 0.717) is 12.0 Å².